The topological polar surface area (TPSA) is 120 Å². The number of methoxy groups -OCH3 is 1. The average molecular weight is 464 g/mol. The van der Waals surface area contributed by atoms with Crippen molar-refractivity contribution in [3.05, 3.63) is 40.4 Å². The lowest BCUT2D eigenvalue weighted by atomic mass is 10.0. The average Bonchev–Trinajstić information content (AvgIpc) is 3.36. The molecule has 1 fully saturated rings. The number of fused-ring (bicyclic) bond motifs is 1. The molecule has 0 saturated carbocycles. The number of H-pyrrole nitrogens is 1. The Balaban J connectivity index is 1.48. The number of rotatable bonds is 6. The summed E-state index contributed by atoms with van der Waals surface area (Å²) in [7, 11) is 1.60. The number of nitrogens with zero attached hydrogens (tertiary/aromatic N) is 3. The van der Waals surface area contributed by atoms with Crippen LogP contribution in [0.15, 0.2) is 18.2 Å². The lowest BCUT2D eigenvalue weighted by Crippen LogP contribution is -2.55. The predicted octanol–water partition coefficient (Wildman–Crippen LogP) is 2.96. The predicted molar refractivity (Wildman–Crippen MR) is 118 cm³/mol. The number of aromatic amines is 1. The zero-order chi connectivity index (χ0) is 22.1. The molecule has 0 radical (unpaired) electrons. The Morgan fingerprint density at radius 1 is 1.42 bits per heavy atom. The summed E-state index contributed by atoms with van der Waals surface area (Å²) in [6, 6.07) is 4.88. The molecular formula is C20H22ClN5O4S. The standard InChI is InChI=1S/C20H22ClN5O4S/c1-3-11-16(21)25-17(22-11)18(27)23-12-7-8-26(9-14(12)30-2)20-24-13-6-4-5-10(19(28)29)15(13)31-20/h4-6,12,14H,3,7-9H2,1-2H3,(H,22,25)(H,23,27)(H,28,29)/t12-,14+/m1/s1. The molecule has 1 aromatic carbocycles. The van der Waals surface area contributed by atoms with Gasteiger partial charge < -0.3 is 25.0 Å². The Kier molecular flexibility index (Phi) is 6.12. The first-order valence-electron chi connectivity index (χ1n) is 9.87. The van der Waals surface area contributed by atoms with Crippen LogP contribution in [0.25, 0.3) is 10.2 Å². The number of amides is 1. The number of nitrogens with one attached hydrogen (secondary N) is 2. The van der Waals surface area contributed by atoms with E-state index in [1.165, 1.54) is 11.3 Å². The molecule has 164 valence electrons. The molecule has 11 heteroatoms. The van der Waals surface area contributed by atoms with Crippen LogP contribution in [0.4, 0.5) is 5.13 Å². The summed E-state index contributed by atoms with van der Waals surface area (Å²) in [5.41, 5.74) is 1.63. The molecule has 1 aliphatic heterocycles. The SMILES string of the molecule is CCc1[nH]c(C(=O)N[C@@H]2CCN(c3nc4cccc(C(=O)O)c4s3)C[C@@H]2OC)nc1Cl. The van der Waals surface area contributed by atoms with E-state index in [9.17, 15) is 14.7 Å². The zero-order valence-corrected chi connectivity index (χ0v) is 18.6. The van der Waals surface area contributed by atoms with Gasteiger partial charge >= 0.3 is 5.97 Å². The number of aryl methyl sites for hydroxylation is 1. The fraction of sp³-hybridized carbons (Fsp3) is 0.400. The van der Waals surface area contributed by atoms with Crippen molar-refractivity contribution in [3.63, 3.8) is 0 Å². The second kappa shape index (κ2) is 8.81. The maximum atomic E-state index is 12.6. The fourth-order valence-corrected chi connectivity index (χ4v) is 5.07. The van der Waals surface area contributed by atoms with Crippen LogP contribution >= 0.6 is 22.9 Å². The van der Waals surface area contributed by atoms with Gasteiger partial charge in [-0.1, -0.05) is 35.9 Å². The summed E-state index contributed by atoms with van der Waals surface area (Å²) in [4.78, 5) is 37.8. The van der Waals surface area contributed by atoms with Crippen molar-refractivity contribution in [3.8, 4) is 0 Å². The van der Waals surface area contributed by atoms with E-state index in [0.29, 0.717) is 41.3 Å². The highest BCUT2D eigenvalue weighted by atomic mass is 35.5. The monoisotopic (exact) mass is 463 g/mol. The van der Waals surface area contributed by atoms with Gasteiger partial charge in [0.2, 0.25) is 0 Å². The number of ether oxygens (including phenoxy) is 1. The van der Waals surface area contributed by atoms with Gasteiger partial charge in [-0.25, -0.2) is 14.8 Å². The van der Waals surface area contributed by atoms with Gasteiger partial charge in [-0.15, -0.1) is 0 Å². The number of aromatic carboxylic acids is 1. The van der Waals surface area contributed by atoms with Crippen LogP contribution in [0.1, 0.15) is 40.0 Å². The van der Waals surface area contributed by atoms with Gasteiger partial charge in [0.15, 0.2) is 16.1 Å². The molecule has 31 heavy (non-hydrogen) atoms. The molecule has 0 aliphatic carbocycles. The molecule has 2 aromatic heterocycles. The number of imidazole rings is 1. The summed E-state index contributed by atoms with van der Waals surface area (Å²) in [6.07, 6.45) is 1.03. The van der Waals surface area contributed by atoms with Crippen molar-refractivity contribution < 1.29 is 19.4 Å². The molecule has 1 amide bonds. The van der Waals surface area contributed by atoms with Crippen molar-refractivity contribution in [2.75, 3.05) is 25.1 Å². The van der Waals surface area contributed by atoms with E-state index in [1.54, 1.807) is 19.2 Å². The van der Waals surface area contributed by atoms with Crippen LogP contribution in [-0.4, -0.2) is 64.3 Å². The van der Waals surface area contributed by atoms with Crippen LogP contribution in [0.5, 0.6) is 0 Å². The van der Waals surface area contributed by atoms with E-state index in [1.807, 2.05) is 13.0 Å². The number of piperidine rings is 1. The van der Waals surface area contributed by atoms with Crippen molar-refractivity contribution in [2.24, 2.45) is 0 Å². The first-order valence-corrected chi connectivity index (χ1v) is 11.1. The largest absolute Gasteiger partial charge is 0.478 e. The Hall–Kier alpha value is -2.69. The Morgan fingerprint density at radius 2 is 2.23 bits per heavy atom. The van der Waals surface area contributed by atoms with Crippen LogP contribution in [0.3, 0.4) is 0 Å². The molecule has 1 saturated heterocycles. The number of aromatic nitrogens is 3. The maximum Gasteiger partial charge on any atom is 0.337 e. The van der Waals surface area contributed by atoms with Crippen molar-refractivity contribution in [1.29, 1.82) is 0 Å². The third-order valence-electron chi connectivity index (χ3n) is 5.38. The third-order valence-corrected chi connectivity index (χ3v) is 6.86. The van der Waals surface area contributed by atoms with Gasteiger partial charge in [-0.05, 0) is 25.0 Å². The van der Waals surface area contributed by atoms with Crippen LogP contribution in [0, 0.1) is 0 Å². The first-order chi connectivity index (χ1) is 14.9. The van der Waals surface area contributed by atoms with Gasteiger partial charge in [0.25, 0.3) is 5.91 Å². The van der Waals surface area contributed by atoms with Crippen LogP contribution < -0.4 is 10.2 Å². The molecule has 3 N–H and O–H groups in total. The van der Waals surface area contributed by atoms with Crippen LogP contribution in [-0.2, 0) is 11.2 Å². The van der Waals surface area contributed by atoms with Crippen LogP contribution in [0.2, 0.25) is 5.15 Å². The van der Waals surface area contributed by atoms with Gasteiger partial charge in [0.05, 0.1) is 33.6 Å². The first kappa shape index (κ1) is 21.5. The van der Waals surface area contributed by atoms with E-state index in [-0.39, 0.29) is 29.4 Å². The smallest absolute Gasteiger partial charge is 0.337 e. The van der Waals surface area contributed by atoms with Crippen molar-refractivity contribution in [1.82, 2.24) is 20.3 Å². The minimum Gasteiger partial charge on any atom is -0.478 e. The summed E-state index contributed by atoms with van der Waals surface area (Å²) in [6.45, 7) is 3.09. The van der Waals surface area contributed by atoms with E-state index < -0.39 is 5.97 Å². The molecule has 2 atom stereocenters. The van der Waals surface area contributed by atoms with E-state index in [4.69, 9.17) is 16.3 Å². The second-order valence-corrected chi connectivity index (χ2v) is 8.59. The minimum atomic E-state index is -0.971. The number of carbonyl (C=O) groups is 2. The molecule has 3 aromatic rings. The fourth-order valence-electron chi connectivity index (χ4n) is 3.70. The summed E-state index contributed by atoms with van der Waals surface area (Å²) >= 11 is 7.39. The number of thiazole rings is 1. The summed E-state index contributed by atoms with van der Waals surface area (Å²) < 4.78 is 6.30. The summed E-state index contributed by atoms with van der Waals surface area (Å²) in [5.74, 6) is -1.11. The number of hydrogen-bond acceptors (Lipinski definition) is 7. The number of anilines is 1. The Morgan fingerprint density at radius 3 is 2.90 bits per heavy atom. The number of carboxylic acid groups (broad SMARTS) is 1. The molecule has 9 nitrogen and oxygen atoms in total. The normalized spacial score (nSPS) is 19.0. The van der Waals surface area contributed by atoms with Gasteiger partial charge in [-0.3, -0.25) is 4.79 Å². The minimum absolute atomic E-state index is 0.187. The maximum absolute atomic E-state index is 12.6. The highest BCUT2D eigenvalue weighted by molar-refractivity contribution is 7.22. The molecule has 0 spiro atoms. The Bertz CT molecular complexity index is 1130. The number of benzene rings is 1. The summed E-state index contributed by atoms with van der Waals surface area (Å²) in [5, 5.41) is 13.4. The second-order valence-electron chi connectivity index (χ2n) is 7.25. The van der Waals surface area contributed by atoms with Gasteiger partial charge in [0.1, 0.15) is 0 Å². The number of hydrogen-bond donors (Lipinski definition) is 3. The lowest BCUT2D eigenvalue weighted by molar-refractivity contribution is 0.0538. The third kappa shape index (κ3) is 4.23. The molecule has 3 heterocycles. The van der Waals surface area contributed by atoms with Gasteiger partial charge in [-0.2, -0.15) is 0 Å². The number of carboxylic acids is 1. The zero-order valence-electron chi connectivity index (χ0n) is 17.0. The molecule has 1 aliphatic rings. The Labute approximate surface area is 187 Å². The van der Waals surface area contributed by atoms with E-state index in [2.05, 4.69) is 25.2 Å². The van der Waals surface area contributed by atoms with E-state index in [0.717, 1.165) is 10.8 Å². The van der Waals surface area contributed by atoms with Gasteiger partial charge in [0, 0.05) is 20.2 Å². The highest BCUT2D eigenvalue weighted by Crippen LogP contribution is 2.33. The molecule has 0 bridgehead atoms. The molecule has 0 unspecified atom stereocenters. The highest BCUT2D eigenvalue weighted by Gasteiger charge is 2.33. The van der Waals surface area contributed by atoms with E-state index >= 15 is 0 Å². The number of halogens is 1. The molecular weight excluding hydrogens is 442 g/mol. The quantitative estimate of drug-likeness (QED) is 0.514. The lowest BCUT2D eigenvalue weighted by Gasteiger charge is -2.37. The van der Waals surface area contributed by atoms with Crippen molar-refractivity contribution in [2.45, 2.75) is 31.9 Å². The molecule has 4 rings (SSSR count). The number of carbonyl (C=O) groups excluding carboxylic acids is 1. The van der Waals surface area contributed by atoms with Crippen molar-refractivity contribution >= 4 is 50.2 Å².